The molecule has 9 N–H and O–H groups in total. The zero-order valence-corrected chi connectivity index (χ0v) is 40.6. The number of nitrogens with one attached hydrogen (secondary N) is 5. The summed E-state index contributed by atoms with van der Waals surface area (Å²) in [5.74, 6) is -6.32. The zero-order valence-electron chi connectivity index (χ0n) is 39.8. The first-order valence-electron chi connectivity index (χ1n) is 23.2. The number of ketones is 1. The molecule has 1 unspecified atom stereocenters. The number of H-pyrrole nitrogens is 1. The third-order valence-electron chi connectivity index (χ3n) is 12.0. The maximum atomic E-state index is 13.9. The number of amides is 4. The molecule has 24 heteroatoms. The van der Waals surface area contributed by atoms with Gasteiger partial charge in [0.1, 0.15) is 23.6 Å². The molecule has 380 valence electrons. The molecule has 0 radical (unpaired) electrons. The van der Waals surface area contributed by atoms with Crippen molar-refractivity contribution in [3.63, 3.8) is 0 Å². The van der Waals surface area contributed by atoms with Crippen molar-refractivity contribution in [2.45, 2.75) is 70.1 Å². The monoisotopic (exact) mass is 1020 g/mol. The minimum Gasteiger partial charge on any atom is -0.480 e. The van der Waals surface area contributed by atoms with Crippen LogP contribution in [0.2, 0.25) is 0 Å². The molecular weight excluding hydrogens is 963 g/mol. The standard InChI is InChI=1S/C49H53N13O10S/c1-61-42-34-11-5-6-12-37(34)62(25-29-8-3-4-10-33(29)40(42)59-60-61)39(65)20-19-38(64)51-21-7-9-28(45(67)56-36(26-73-2)48(71)72)22-32(63)17-18-35(47(69)70)55-44(66)27-13-15-30(16-14-27)52-23-31-24-53-43-41(54-31)46(68)58-49(50)57-43/h3-6,8,10-16,24,28,35-36,52H,7,9,17-23,25-26H2,1-2H3,(H,51,64)(H,55,66)(H,56,67)(H,69,70)(H,71,72)(H3,50,53,57,58,68)/t28?,35-,36-/m0/s1. The number of hydrogen-bond donors (Lipinski definition) is 8. The Morgan fingerprint density at radius 1 is 0.863 bits per heavy atom. The molecule has 0 aliphatic carbocycles. The average molecular weight is 1020 g/mol. The normalized spacial score (nSPS) is 12.9. The Morgan fingerprint density at radius 2 is 1.59 bits per heavy atom. The highest BCUT2D eigenvalue weighted by molar-refractivity contribution is 7.98. The number of aliphatic carboxylic acids is 2. The lowest BCUT2D eigenvalue weighted by Crippen LogP contribution is -2.45. The summed E-state index contributed by atoms with van der Waals surface area (Å²) in [6, 6.07) is 18.4. The number of carboxylic acid groups (broad SMARTS) is 2. The van der Waals surface area contributed by atoms with E-state index in [4.69, 9.17) is 5.73 Å². The van der Waals surface area contributed by atoms with E-state index in [1.807, 2.05) is 48.5 Å². The van der Waals surface area contributed by atoms with E-state index in [9.17, 15) is 48.6 Å². The second kappa shape index (κ2) is 24.0. The number of benzene rings is 3. The number of aromatic nitrogens is 7. The average Bonchev–Trinajstić information content (AvgIpc) is 3.75. The van der Waals surface area contributed by atoms with Gasteiger partial charge in [-0.2, -0.15) is 16.7 Å². The summed E-state index contributed by atoms with van der Waals surface area (Å²) in [5.41, 5.74) is 10.8. The van der Waals surface area contributed by atoms with Gasteiger partial charge in [-0.1, -0.05) is 47.7 Å². The molecule has 0 fully saturated rings. The fourth-order valence-corrected chi connectivity index (χ4v) is 8.82. The number of aryl methyl sites for hydroxylation is 1. The number of aromatic amines is 1. The first-order valence-corrected chi connectivity index (χ1v) is 24.6. The third-order valence-corrected chi connectivity index (χ3v) is 12.7. The molecule has 3 atom stereocenters. The van der Waals surface area contributed by atoms with Gasteiger partial charge in [-0.3, -0.25) is 33.8 Å². The molecule has 0 bridgehead atoms. The number of anilines is 3. The SMILES string of the molecule is CSC[C@H](NC(=O)C(CCCNC(=O)CCC(=O)N1Cc2ccccc2-c2nnn(C)c2-c2ccccc21)CC(=O)CC[C@H](NC(=O)c1ccc(NCc2cnc3nc(N)[nH]c(=O)c3n2)cc1)C(=O)O)C(=O)O. The quantitative estimate of drug-likeness (QED) is 0.0428. The molecule has 0 saturated heterocycles. The maximum Gasteiger partial charge on any atom is 0.327 e. The van der Waals surface area contributed by atoms with Gasteiger partial charge >= 0.3 is 11.9 Å². The number of thioether (sulfide) groups is 1. The van der Waals surface area contributed by atoms with Gasteiger partial charge in [-0.05, 0) is 61.4 Å². The van der Waals surface area contributed by atoms with E-state index >= 15 is 0 Å². The van der Waals surface area contributed by atoms with Crippen LogP contribution in [0.25, 0.3) is 33.7 Å². The summed E-state index contributed by atoms with van der Waals surface area (Å²) in [6.07, 6.45) is 2.12. The van der Waals surface area contributed by atoms with Crippen LogP contribution in [0.4, 0.5) is 17.3 Å². The number of Topliss-reactive ketones (excluding diaryl/α,β-unsaturated/α-hetero) is 1. The Hall–Kier alpha value is -8.54. The third kappa shape index (κ3) is 13.3. The van der Waals surface area contributed by atoms with E-state index in [0.29, 0.717) is 22.8 Å². The molecular formula is C49H53N13O10S. The van der Waals surface area contributed by atoms with Gasteiger partial charge in [-0.25, -0.2) is 24.2 Å². The van der Waals surface area contributed by atoms with Gasteiger partial charge < -0.3 is 42.1 Å². The van der Waals surface area contributed by atoms with Crippen molar-refractivity contribution in [1.82, 2.24) is 50.9 Å². The van der Waals surface area contributed by atoms with Crippen molar-refractivity contribution in [3.05, 3.63) is 106 Å². The zero-order chi connectivity index (χ0) is 52.2. The highest BCUT2D eigenvalue weighted by Crippen LogP contribution is 2.41. The number of nitrogen functional groups attached to an aromatic ring is 1. The van der Waals surface area contributed by atoms with E-state index < -0.39 is 59.0 Å². The number of carboxylic acids is 2. The van der Waals surface area contributed by atoms with E-state index in [2.05, 4.69) is 51.5 Å². The topological polar surface area (TPSA) is 340 Å². The first kappa shape index (κ1) is 52.3. The predicted octanol–water partition coefficient (Wildman–Crippen LogP) is 3.06. The maximum absolute atomic E-state index is 13.9. The Morgan fingerprint density at radius 3 is 2.33 bits per heavy atom. The molecule has 0 spiro atoms. The molecule has 6 aromatic rings. The molecule has 73 heavy (non-hydrogen) atoms. The van der Waals surface area contributed by atoms with Crippen LogP contribution in [0.15, 0.2) is 83.8 Å². The minimum atomic E-state index is -1.47. The molecule has 4 amide bonds. The van der Waals surface area contributed by atoms with Crippen LogP contribution in [0.5, 0.6) is 0 Å². The number of carbonyl (C=O) groups excluding carboxylic acids is 5. The Labute approximate surface area is 421 Å². The Kier molecular flexibility index (Phi) is 17.2. The van der Waals surface area contributed by atoms with Crippen molar-refractivity contribution in [2.24, 2.45) is 13.0 Å². The first-order chi connectivity index (χ1) is 35.1. The van der Waals surface area contributed by atoms with Crippen molar-refractivity contribution < 1.29 is 43.8 Å². The number of rotatable bonds is 23. The summed E-state index contributed by atoms with van der Waals surface area (Å²) < 4.78 is 1.67. The van der Waals surface area contributed by atoms with Crippen LogP contribution >= 0.6 is 11.8 Å². The fourth-order valence-electron chi connectivity index (χ4n) is 8.26. The van der Waals surface area contributed by atoms with Gasteiger partial charge in [0.2, 0.25) is 23.7 Å². The largest absolute Gasteiger partial charge is 0.480 e. The molecule has 7 rings (SSSR count). The second-order valence-corrected chi connectivity index (χ2v) is 18.1. The number of nitrogens with two attached hydrogens (primary N) is 1. The highest BCUT2D eigenvalue weighted by Gasteiger charge is 2.30. The van der Waals surface area contributed by atoms with Gasteiger partial charge in [0, 0.05) is 73.3 Å². The van der Waals surface area contributed by atoms with Crippen LogP contribution in [0, 0.1) is 5.92 Å². The van der Waals surface area contributed by atoms with Gasteiger partial charge in [0.05, 0.1) is 36.4 Å². The lowest BCUT2D eigenvalue weighted by Gasteiger charge is -2.28. The number of hydrogen-bond acceptors (Lipinski definition) is 16. The van der Waals surface area contributed by atoms with Crippen LogP contribution < -0.4 is 37.5 Å². The van der Waals surface area contributed by atoms with E-state index in [-0.39, 0.29) is 98.9 Å². The highest BCUT2D eigenvalue weighted by atomic mass is 32.2. The lowest BCUT2D eigenvalue weighted by molar-refractivity contribution is -0.142. The molecule has 1 aliphatic rings. The van der Waals surface area contributed by atoms with Crippen molar-refractivity contribution in [3.8, 4) is 22.5 Å². The number of carbonyl (C=O) groups is 7. The predicted molar refractivity (Wildman–Crippen MR) is 270 cm³/mol. The molecule has 0 saturated carbocycles. The van der Waals surface area contributed by atoms with Crippen LogP contribution in [0.3, 0.4) is 0 Å². The van der Waals surface area contributed by atoms with E-state index in [1.165, 1.54) is 30.1 Å². The summed E-state index contributed by atoms with van der Waals surface area (Å²) in [4.78, 5) is 120. The van der Waals surface area contributed by atoms with Crippen molar-refractivity contribution >= 4 is 81.6 Å². The Bertz CT molecular complexity index is 3110. The summed E-state index contributed by atoms with van der Waals surface area (Å²) >= 11 is 1.20. The lowest BCUT2D eigenvalue weighted by atomic mass is 9.93. The minimum absolute atomic E-state index is 0.0141. The Balaban J connectivity index is 0.906. The van der Waals surface area contributed by atoms with Gasteiger partial charge in [0.15, 0.2) is 11.2 Å². The van der Waals surface area contributed by atoms with E-state index in [1.54, 1.807) is 35.0 Å². The fraction of sp³-hybridized carbons (Fsp3) is 0.327. The number of fused-ring (bicyclic) bond motifs is 6. The van der Waals surface area contributed by atoms with Crippen molar-refractivity contribution in [2.75, 3.05) is 34.5 Å². The summed E-state index contributed by atoms with van der Waals surface area (Å²) in [5, 5.41) is 39.2. The van der Waals surface area contributed by atoms with E-state index in [0.717, 1.165) is 22.4 Å². The summed E-state index contributed by atoms with van der Waals surface area (Å²) in [7, 11) is 1.79. The number of nitrogens with zero attached hydrogens (tertiary/aromatic N) is 7. The van der Waals surface area contributed by atoms with Crippen LogP contribution in [0.1, 0.15) is 66.6 Å². The smallest absolute Gasteiger partial charge is 0.327 e. The molecule has 4 heterocycles. The number of para-hydroxylation sites is 1. The molecule has 1 aliphatic heterocycles. The second-order valence-electron chi connectivity index (χ2n) is 17.2. The van der Waals surface area contributed by atoms with Gasteiger partial charge in [-0.15, -0.1) is 5.10 Å². The molecule has 3 aromatic heterocycles. The van der Waals surface area contributed by atoms with Gasteiger partial charge in [0.25, 0.3) is 11.5 Å². The molecule has 23 nitrogen and oxygen atoms in total. The van der Waals surface area contributed by atoms with Crippen molar-refractivity contribution in [1.29, 1.82) is 0 Å². The van der Waals surface area contributed by atoms with Crippen LogP contribution in [-0.2, 0) is 48.9 Å². The molecule has 3 aromatic carbocycles. The summed E-state index contributed by atoms with van der Waals surface area (Å²) in [6.45, 7) is 0.474. The van der Waals surface area contributed by atoms with Crippen LogP contribution in [-0.4, -0.2) is 117 Å².